The molecule has 34 heavy (non-hydrogen) atoms. The molecule has 178 valence electrons. The van der Waals surface area contributed by atoms with Gasteiger partial charge in [-0.15, -0.1) is 0 Å². The predicted octanol–water partition coefficient (Wildman–Crippen LogP) is 4.23. The Morgan fingerprint density at radius 2 is 1.82 bits per heavy atom. The van der Waals surface area contributed by atoms with Gasteiger partial charge in [-0.05, 0) is 49.2 Å². The number of carbonyl (C=O) groups is 2. The summed E-state index contributed by atoms with van der Waals surface area (Å²) in [6.45, 7) is 0.998. The third-order valence-electron chi connectivity index (χ3n) is 5.31. The normalized spacial score (nSPS) is 13.7. The summed E-state index contributed by atoms with van der Waals surface area (Å²) in [5.41, 5.74) is -0.0763. The Kier molecular flexibility index (Phi) is 6.73. The van der Waals surface area contributed by atoms with Gasteiger partial charge < -0.3 is 15.5 Å². The number of aromatic nitrogens is 3. The van der Waals surface area contributed by atoms with Gasteiger partial charge in [0, 0.05) is 23.8 Å². The van der Waals surface area contributed by atoms with Gasteiger partial charge in [0.2, 0.25) is 5.91 Å². The molecule has 1 aliphatic heterocycles. The summed E-state index contributed by atoms with van der Waals surface area (Å²) < 4.78 is 40.9. The molecule has 2 aromatic carbocycles. The van der Waals surface area contributed by atoms with Crippen molar-refractivity contribution in [1.29, 1.82) is 0 Å². The highest BCUT2D eigenvalue weighted by Gasteiger charge is 2.31. The molecule has 1 aromatic heterocycles. The number of anilines is 2. The molecule has 0 radical (unpaired) electrons. The number of hydrogen-bond acceptors (Lipinski definition) is 5. The Morgan fingerprint density at radius 1 is 1.06 bits per heavy atom. The molecule has 0 atom stereocenters. The second kappa shape index (κ2) is 9.72. The molecule has 0 bridgehead atoms. The lowest BCUT2D eigenvalue weighted by Crippen LogP contribution is -2.29. The van der Waals surface area contributed by atoms with Crippen LogP contribution < -0.4 is 10.6 Å². The minimum Gasteiger partial charge on any atom is -0.375 e. The first-order valence-electron chi connectivity index (χ1n) is 10.4. The second-order valence-corrected chi connectivity index (χ2v) is 8.10. The molecule has 4 rings (SSSR count). The summed E-state index contributed by atoms with van der Waals surface area (Å²) >= 11 is 6.08. The zero-order valence-electron chi connectivity index (χ0n) is 17.8. The van der Waals surface area contributed by atoms with E-state index in [0.29, 0.717) is 29.4 Å². The number of nitrogens with zero attached hydrogens (tertiary/aromatic N) is 4. The molecule has 1 aliphatic rings. The predicted molar refractivity (Wildman–Crippen MR) is 120 cm³/mol. The van der Waals surface area contributed by atoms with E-state index in [1.165, 1.54) is 29.5 Å². The van der Waals surface area contributed by atoms with Gasteiger partial charge in [-0.1, -0.05) is 11.6 Å². The van der Waals surface area contributed by atoms with E-state index in [1.54, 1.807) is 17.0 Å². The summed E-state index contributed by atoms with van der Waals surface area (Å²) in [5, 5.41) is 9.64. The van der Waals surface area contributed by atoms with Crippen molar-refractivity contribution < 1.29 is 22.8 Å². The first-order valence-corrected chi connectivity index (χ1v) is 10.8. The molecule has 1 saturated heterocycles. The molecule has 3 aromatic rings. The number of alkyl halides is 3. The van der Waals surface area contributed by atoms with Gasteiger partial charge in [0.1, 0.15) is 12.7 Å². The average Bonchev–Trinajstić information content (AvgIpc) is 3.51. The number of halogens is 4. The van der Waals surface area contributed by atoms with E-state index in [4.69, 9.17) is 11.6 Å². The van der Waals surface area contributed by atoms with E-state index in [1.807, 2.05) is 0 Å². The van der Waals surface area contributed by atoms with Crippen molar-refractivity contribution in [3.05, 3.63) is 65.2 Å². The van der Waals surface area contributed by atoms with Crippen molar-refractivity contribution in [2.75, 3.05) is 30.3 Å². The molecule has 0 saturated carbocycles. The highest BCUT2D eigenvalue weighted by molar-refractivity contribution is 6.31. The number of likely N-dealkylation sites (tertiary alicyclic amines) is 1. The molecule has 8 nitrogen and oxygen atoms in total. The molecular formula is C22H20ClF3N6O2. The van der Waals surface area contributed by atoms with E-state index < -0.39 is 17.6 Å². The van der Waals surface area contributed by atoms with Gasteiger partial charge in [0.05, 0.1) is 29.0 Å². The Balaban J connectivity index is 1.53. The number of hydrogen-bond donors (Lipinski definition) is 2. The first kappa shape index (κ1) is 23.6. The number of amides is 2. The van der Waals surface area contributed by atoms with E-state index >= 15 is 0 Å². The topological polar surface area (TPSA) is 92.2 Å². The summed E-state index contributed by atoms with van der Waals surface area (Å²) in [4.78, 5) is 31.0. The van der Waals surface area contributed by atoms with Gasteiger partial charge >= 0.3 is 6.18 Å². The maximum atomic E-state index is 13.2. The second-order valence-electron chi connectivity index (χ2n) is 7.66. The summed E-state index contributed by atoms with van der Waals surface area (Å²) in [5.74, 6) is -0.802. The van der Waals surface area contributed by atoms with Crippen molar-refractivity contribution in [2.45, 2.75) is 19.0 Å². The van der Waals surface area contributed by atoms with Gasteiger partial charge in [-0.3, -0.25) is 9.59 Å². The van der Waals surface area contributed by atoms with Crippen molar-refractivity contribution in [3.63, 3.8) is 0 Å². The van der Waals surface area contributed by atoms with Gasteiger partial charge in [0.25, 0.3) is 5.91 Å². The van der Waals surface area contributed by atoms with Crippen LogP contribution in [-0.2, 0) is 11.0 Å². The highest BCUT2D eigenvalue weighted by atomic mass is 35.5. The van der Waals surface area contributed by atoms with Gasteiger partial charge in [-0.25, -0.2) is 9.67 Å². The quantitative estimate of drug-likeness (QED) is 0.537. The van der Waals surface area contributed by atoms with Crippen LogP contribution in [0, 0.1) is 0 Å². The third kappa shape index (κ3) is 5.30. The molecular weight excluding hydrogens is 473 g/mol. The van der Waals surface area contributed by atoms with Crippen molar-refractivity contribution in [1.82, 2.24) is 19.7 Å². The smallest absolute Gasteiger partial charge is 0.375 e. The zero-order chi connectivity index (χ0) is 24.3. The average molecular weight is 493 g/mol. The molecule has 0 unspecified atom stereocenters. The van der Waals surface area contributed by atoms with Crippen molar-refractivity contribution >= 4 is 34.8 Å². The Hall–Kier alpha value is -3.60. The minimum atomic E-state index is -4.59. The van der Waals surface area contributed by atoms with Gasteiger partial charge in [0.15, 0.2) is 0 Å². The largest absolute Gasteiger partial charge is 0.416 e. The zero-order valence-corrected chi connectivity index (χ0v) is 18.5. The Bertz CT molecular complexity index is 1190. The number of rotatable bonds is 6. The highest BCUT2D eigenvalue weighted by Crippen LogP contribution is 2.33. The molecule has 0 spiro atoms. The van der Waals surface area contributed by atoms with Gasteiger partial charge in [-0.2, -0.15) is 18.3 Å². The maximum absolute atomic E-state index is 13.2. The minimum absolute atomic E-state index is 0.0911. The Morgan fingerprint density at radius 3 is 2.50 bits per heavy atom. The van der Waals surface area contributed by atoms with Crippen LogP contribution in [0.3, 0.4) is 0 Å². The summed E-state index contributed by atoms with van der Waals surface area (Å²) in [6.07, 6.45) is -0.211. The Labute approximate surface area is 197 Å². The van der Waals surface area contributed by atoms with Crippen molar-refractivity contribution in [3.8, 4) is 5.69 Å². The summed E-state index contributed by atoms with van der Waals surface area (Å²) in [6, 6.07) is 7.62. The maximum Gasteiger partial charge on any atom is 0.416 e. The van der Waals surface area contributed by atoms with Crippen LogP contribution in [0.5, 0.6) is 0 Å². The summed E-state index contributed by atoms with van der Waals surface area (Å²) in [7, 11) is 0. The lowest BCUT2D eigenvalue weighted by Gasteiger charge is -2.19. The molecule has 0 aliphatic carbocycles. The van der Waals surface area contributed by atoms with Crippen LogP contribution in [-0.4, -0.2) is 51.1 Å². The van der Waals surface area contributed by atoms with Crippen LogP contribution in [0.25, 0.3) is 5.69 Å². The third-order valence-corrected chi connectivity index (χ3v) is 5.54. The van der Waals surface area contributed by atoms with E-state index in [0.717, 1.165) is 25.0 Å². The molecule has 2 heterocycles. The lowest BCUT2D eigenvalue weighted by atomic mass is 10.1. The fourth-order valence-electron chi connectivity index (χ4n) is 3.65. The van der Waals surface area contributed by atoms with Crippen LogP contribution in [0.1, 0.15) is 28.8 Å². The molecule has 1 fully saturated rings. The lowest BCUT2D eigenvalue weighted by molar-refractivity contribution is -0.137. The van der Waals surface area contributed by atoms with E-state index in [-0.39, 0.29) is 23.8 Å². The fourth-order valence-corrected chi connectivity index (χ4v) is 3.83. The molecule has 2 N–H and O–H groups in total. The number of carbonyl (C=O) groups excluding carboxylic acids is 2. The SMILES string of the molecule is O=C(CNc1cc(Cl)ccc1C(=O)N1CCCC1)Nc1cc(C(F)(F)F)ccc1-n1cncn1. The number of benzene rings is 2. The standard InChI is InChI=1S/C22H20ClF3N6O2/c23-15-4-5-16(21(34)31-7-1-2-8-31)17(10-15)28-11-20(33)30-18-9-14(22(24,25)26)3-6-19(18)32-13-27-12-29-32/h3-6,9-10,12-13,28H,1-2,7-8,11H2,(H,30,33). The fraction of sp³-hybridized carbons (Fsp3) is 0.273. The van der Waals surface area contributed by atoms with Crippen LogP contribution >= 0.6 is 11.6 Å². The van der Waals surface area contributed by atoms with Crippen LogP contribution in [0.4, 0.5) is 24.5 Å². The van der Waals surface area contributed by atoms with Crippen LogP contribution in [0.2, 0.25) is 5.02 Å². The van der Waals surface area contributed by atoms with E-state index in [9.17, 15) is 22.8 Å². The van der Waals surface area contributed by atoms with E-state index in [2.05, 4.69) is 20.7 Å². The van der Waals surface area contributed by atoms with Crippen molar-refractivity contribution in [2.24, 2.45) is 0 Å². The van der Waals surface area contributed by atoms with Crippen LogP contribution in [0.15, 0.2) is 49.1 Å². The first-order chi connectivity index (χ1) is 16.2. The molecule has 2 amide bonds. The monoisotopic (exact) mass is 492 g/mol. The number of nitrogens with one attached hydrogen (secondary N) is 2. The molecule has 12 heteroatoms.